The molecule has 136 valence electrons. The molecule has 8 nitrogen and oxygen atoms in total. The van der Waals surface area contributed by atoms with Crippen molar-refractivity contribution in [3.05, 3.63) is 64.1 Å². The minimum Gasteiger partial charge on any atom is -0.463 e. The van der Waals surface area contributed by atoms with Crippen molar-refractivity contribution >= 4 is 17.8 Å². The number of nitro benzene ring substituents is 1. The smallest absolute Gasteiger partial charge is 0.269 e. The highest BCUT2D eigenvalue weighted by molar-refractivity contribution is 5.81. The van der Waals surface area contributed by atoms with Crippen molar-refractivity contribution in [3.8, 4) is 0 Å². The second kappa shape index (κ2) is 8.39. The van der Waals surface area contributed by atoms with Crippen LogP contribution in [0.1, 0.15) is 24.2 Å². The first-order valence-electron chi connectivity index (χ1n) is 8.55. The van der Waals surface area contributed by atoms with Crippen LogP contribution in [0, 0.1) is 16.0 Å². The standard InChI is InChI=1S/C18H20N4O4/c23-18(20-19-12-17-2-1-11-26-17)15-7-9-21(10-8-15)13-14-3-5-16(6-4-14)22(24)25/h1-6,11-12,15H,7-10,13H2,(H,20,23)/p+1/b19-12-. The van der Waals surface area contributed by atoms with Crippen LogP contribution in [-0.2, 0) is 11.3 Å². The fourth-order valence-corrected chi connectivity index (χ4v) is 3.10. The molecule has 0 saturated carbocycles. The predicted molar refractivity (Wildman–Crippen MR) is 94.7 cm³/mol. The number of nitrogens with one attached hydrogen (secondary N) is 2. The van der Waals surface area contributed by atoms with Gasteiger partial charge in [-0.15, -0.1) is 0 Å². The quantitative estimate of drug-likeness (QED) is 0.460. The fraction of sp³-hybridized carbons (Fsp3) is 0.333. The maximum Gasteiger partial charge on any atom is 0.269 e. The summed E-state index contributed by atoms with van der Waals surface area (Å²) >= 11 is 0. The number of amides is 1. The summed E-state index contributed by atoms with van der Waals surface area (Å²) in [5, 5.41) is 14.6. The van der Waals surface area contributed by atoms with Crippen LogP contribution in [0.2, 0.25) is 0 Å². The Hall–Kier alpha value is -3.00. The van der Waals surface area contributed by atoms with E-state index in [0.29, 0.717) is 5.76 Å². The average molecular weight is 357 g/mol. The summed E-state index contributed by atoms with van der Waals surface area (Å²) in [6.45, 7) is 2.58. The third-order valence-corrected chi connectivity index (χ3v) is 4.57. The Labute approximate surface area is 150 Å². The van der Waals surface area contributed by atoms with Crippen molar-refractivity contribution in [1.29, 1.82) is 0 Å². The van der Waals surface area contributed by atoms with Crippen LogP contribution in [0.5, 0.6) is 0 Å². The number of non-ortho nitro benzene ring substituents is 1. The number of quaternary nitrogens is 1. The molecule has 26 heavy (non-hydrogen) atoms. The minimum atomic E-state index is -0.394. The lowest BCUT2D eigenvalue weighted by atomic mass is 9.96. The van der Waals surface area contributed by atoms with E-state index in [1.165, 1.54) is 23.2 Å². The van der Waals surface area contributed by atoms with Crippen molar-refractivity contribution in [2.24, 2.45) is 11.0 Å². The fourth-order valence-electron chi connectivity index (χ4n) is 3.10. The van der Waals surface area contributed by atoms with Gasteiger partial charge in [-0.2, -0.15) is 5.10 Å². The van der Waals surface area contributed by atoms with E-state index in [9.17, 15) is 14.9 Å². The maximum atomic E-state index is 12.2. The minimum absolute atomic E-state index is 0.0376. The van der Waals surface area contributed by atoms with E-state index in [1.807, 2.05) is 0 Å². The van der Waals surface area contributed by atoms with E-state index < -0.39 is 4.92 Å². The molecule has 0 unspecified atom stereocenters. The topological polar surface area (TPSA) is 102 Å². The summed E-state index contributed by atoms with van der Waals surface area (Å²) < 4.78 is 5.11. The number of likely N-dealkylation sites (tertiary alicyclic amines) is 1. The van der Waals surface area contributed by atoms with Crippen LogP contribution in [0.15, 0.2) is 52.2 Å². The summed E-state index contributed by atoms with van der Waals surface area (Å²) in [6, 6.07) is 10.2. The molecular formula is C18H21N4O4+. The molecule has 0 radical (unpaired) electrons. The number of furan rings is 1. The lowest BCUT2D eigenvalue weighted by Crippen LogP contribution is -3.11. The van der Waals surface area contributed by atoms with Gasteiger partial charge in [0.15, 0.2) is 0 Å². The van der Waals surface area contributed by atoms with Crippen molar-refractivity contribution in [1.82, 2.24) is 5.43 Å². The number of nitrogens with zero attached hydrogens (tertiary/aromatic N) is 2. The Kier molecular flexibility index (Phi) is 5.75. The van der Waals surface area contributed by atoms with Gasteiger partial charge in [0.2, 0.25) is 5.91 Å². The summed E-state index contributed by atoms with van der Waals surface area (Å²) in [6.07, 6.45) is 4.62. The molecule has 1 fully saturated rings. The Morgan fingerprint density at radius 1 is 1.31 bits per heavy atom. The van der Waals surface area contributed by atoms with Gasteiger partial charge < -0.3 is 9.32 Å². The molecule has 2 heterocycles. The second-order valence-corrected chi connectivity index (χ2v) is 6.37. The van der Waals surface area contributed by atoms with Crippen LogP contribution in [0.4, 0.5) is 5.69 Å². The molecule has 0 atom stereocenters. The SMILES string of the molecule is O=C(N/N=C\c1ccco1)C1CC[NH+](Cc2ccc([N+](=O)[O-])cc2)CC1. The van der Waals surface area contributed by atoms with E-state index in [1.54, 1.807) is 30.5 Å². The van der Waals surface area contributed by atoms with E-state index in [0.717, 1.165) is 38.0 Å². The average Bonchev–Trinajstić information content (AvgIpc) is 3.16. The number of nitro groups is 1. The van der Waals surface area contributed by atoms with E-state index >= 15 is 0 Å². The molecule has 1 amide bonds. The van der Waals surface area contributed by atoms with Gasteiger partial charge in [-0.1, -0.05) is 0 Å². The van der Waals surface area contributed by atoms with Gasteiger partial charge in [0.25, 0.3) is 5.69 Å². The number of hydrogen-bond donors (Lipinski definition) is 2. The molecule has 1 aliphatic rings. The van der Waals surface area contributed by atoms with Crippen LogP contribution in [0.25, 0.3) is 0 Å². The van der Waals surface area contributed by atoms with E-state index in [4.69, 9.17) is 4.42 Å². The Morgan fingerprint density at radius 3 is 2.65 bits per heavy atom. The normalized spacial score (nSPS) is 20.2. The lowest BCUT2D eigenvalue weighted by Gasteiger charge is -2.28. The third kappa shape index (κ3) is 4.76. The lowest BCUT2D eigenvalue weighted by molar-refractivity contribution is -0.919. The monoisotopic (exact) mass is 357 g/mol. The van der Waals surface area contributed by atoms with Crippen LogP contribution >= 0.6 is 0 Å². The molecule has 2 aromatic rings. The Morgan fingerprint density at radius 2 is 2.04 bits per heavy atom. The first-order valence-corrected chi connectivity index (χ1v) is 8.55. The van der Waals surface area contributed by atoms with Gasteiger partial charge in [-0.25, -0.2) is 5.43 Å². The van der Waals surface area contributed by atoms with E-state index in [2.05, 4.69) is 10.5 Å². The highest BCUT2D eigenvalue weighted by Gasteiger charge is 2.27. The first-order chi connectivity index (χ1) is 12.6. The number of carbonyl (C=O) groups is 1. The number of rotatable bonds is 6. The molecule has 0 spiro atoms. The van der Waals surface area contributed by atoms with Crippen molar-refractivity contribution in [3.63, 3.8) is 0 Å². The first kappa shape index (κ1) is 17.8. The van der Waals surface area contributed by atoms with E-state index in [-0.39, 0.29) is 17.5 Å². The van der Waals surface area contributed by atoms with Gasteiger partial charge in [-0.3, -0.25) is 14.9 Å². The zero-order valence-electron chi connectivity index (χ0n) is 14.3. The zero-order chi connectivity index (χ0) is 18.4. The Balaban J connectivity index is 1.43. The van der Waals surface area contributed by atoms with Crippen LogP contribution in [0.3, 0.4) is 0 Å². The highest BCUT2D eigenvalue weighted by Crippen LogP contribution is 2.13. The molecule has 2 N–H and O–H groups in total. The summed E-state index contributed by atoms with van der Waals surface area (Å²) in [7, 11) is 0. The van der Waals surface area contributed by atoms with Gasteiger partial charge >= 0.3 is 0 Å². The van der Waals surface area contributed by atoms with Crippen molar-refractivity contribution in [2.45, 2.75) is 19.4 Å². The van der Waals surface area contributed by atoms with Gasteiger partial charge in [-0.05, 0) is 24.3 Å². The summed E-state index contributed by atoms with van der Waals surface area (Å²) in [5.41, 5.74) is 3.74. The Bertz CT molecular complexity index is 763. The van der Waals surface area contributed by atoms with Crippen LogP contribution < -0.4 is 10.3 Å². The summed E-state index contributed by atoms with van der Waals surface area (Å²) in [4.78, 5) is 23.8. The highest BCUT2D eigenvalue weighted by atomic mass is 16.6. The third-order valence-electron chi connectivity index (χ3n) is 4.57. The number of hydrazone groups is 1. The number of benzene rings is 1. The predicted octanol–water partition coefficient (Wildman–Crippen LogP) is 1.13. The molecule has 0 bridgehead atoms. The largest absolute Gasteiger partial charge is 0.463 e. The number of piperidine rings is 1. The van der Waals surface area contributed by atoms with Gasteiger partial charge in [0, 0.05) is 30.5 Å². The van der Waals surface area contributed by atoms with Gasteiger partial charge in [0.1, 0.15) is 12.3 Å². The molecule has 0 aliphatic carbocycles. The molecule has 1 aromatic carbocycles. The van der Waals surface area contributed by atoms with Crippen LogP contribution in [-0.4, -0.2) is 30.1 Å². The molecule has 1 aromatic heterocycles. The summed E-state index contributed by atoms with van der Waals surface area (Å²) in [5.74, 6) is 0.485. The molecular weight excluding hydrogens is 336 g/mol. The molecule has 1 aliphatic heterocycles. The second-order valence-electron chi connectivity index (χ2n) is 6.37. The van der Waals surface area contributed by atoms with Gasteiger partial charge in [0.05, 0.1) is 36.4 Å². The van der Waals surface area contributed by atoms with Crippen molar-refractivity contribution < 1.29 is 19.0 Å². The zero-order valence-corrected chi connectivity index (χ0v) is 14.3. The molecule has 3 rings (SSSR count). The maximum absolute atomic E-state index is 12.2. The van der Waals surface area contributed by atoms with Crippen molar-refractivity contribution in [2.75, 3.05) is 13.1 Å². The number of hydrogen-bond acceptors (Lipinski definition) is 5. The molecule has 1 saturated heterocycles. The number of carbonyl (C=O) groups excluding carboxylic acids is 1. The molecule has 8 heteroatoms.